The lowest BCUT2D eigenvalue weighted by Crippen LogP contribution is -2.02. The fourth-order valence-corrected chi connectivity index (χ4v) is 3.08. The smallest absolute Gasteiger partial charge is 0.168 e. The predicted octanol–water partition coefficient (Wildman–Crippen LogP) is 4.50. The van der Waals surface area contributed by atoms with Crippen LogP contribution in [0.15, 0.2) is 40.2 Å². The Kier molecular flexibility index (Phi) is 4.13. The summed E-state index contributed by atoms with van der Waals surface area (Å²) in [6.07, 6.45) is 1.49. The van der Waals surface area contributed by atoms with E-state index in [1.165, 1.54) is 5.56 Å². The molecule has 1 aromatic heterocycles. The average molecular weight is 309 g/mol. The number of hydrogen-bond donors (Lipinski definition) is 0. The molecular weight excluding hydrogens is 296 g/mol. The first kappa shape index (κ1) is 12.5. The van der Waals surface area contributed by atoms with Crippen molar-refractivity contribution in [3.8, 4) is 0 Å². The summed E-state index contributed by atoms with van der Waals surface area (Å²) in [6, 6.07) is 9.89. The molecule has 0 fully saturated rings. The molecule has 0 N–H and O–H groups in total. The van der Waals surface area contributed by atoms with Crippen molar-refractivity contribution in [2.75, 3.05) is 0 Å². The number of hydrogen-bond acceptors (Lipinski definition) is 2. The van der Waals surface area contributed by atoms with Gasteiger partial charge in [-0.3, -0.25) is 4.79 Å². The summed E-state index contributed by atoms with van der Waals surface area (Å²) in [6.45, 7) is 2.11. The van der Waals surface area contributed by atoms with Crippen LogP contribution in [0.3, 0.4) is 0 Å². The van der Waals surface area contributed by atoms with Gasteiger partial charge in [-0.1, -0.05) is 31.2 Å². The number of halogens is 1. The SMILES string of the molecule is CCc1ccc(C(=O)Cc2cc(Br)cs2)cc1. The molecule has 0 bridgehead atoms. The van der Waals surface area contributed by atoms with Gasteiger partial charge in [-0.15, -0.1) is 11.3 Å². The number of carbonyl (C=O) groups is 1. The molecule has 0 aliphatic carbocycles. The minimum Gasteiger partial charge on any atom is -0.294 e. The molecule has 2 rings (SSSR count). The molecule has 0 aliphatic rings. The zero-order valence-electron chi connectivity index (χ0n) is 9.57. The second-order valence-corrected chi connectivity index (χ2v) is 5.79. The molecule has 0 amide bonds. The van der Waals surface area contributed by atoms with Crippen molar-refractivity contribution in [3.05, 3.63) is 56.2 Å². The van der Waals surface area contributed by atoms with Gasteiger partial charge in [0, 0.05) is 26.7 Å². The summed E-state index contributed by atoms with van der Waals surface area (Å²) in [5, 5.41) is 2.00. The number of rotatable bonds is 4. The molecule has 1 heterocycles. The molecule has 2 aromatic rings. The molecular formula is C14H13BrOS. The Balaban J connectivity index is 2.09. The average Bonchev–Trinajstić information content (AvgIpc) is 2.75. The third kappa shape index (κ3) is 3.27. The molecule has 17 heavy (non-hydrogen) atoms. The predicted molar refractivity (Wildman–Crippen MR) is 75.9 cm³/mol. The molecule has 1 aromatic carbocycles. The third-order valence-electron chi connectivity index (χ3n) is 2.64. The quantitative estimate of drug-likeness (QED) is 0.760. The van der Waals surface area contributed by atoms with Crippen LogP contribution in [0, 0.1) is 0 Å². The molecule has 0 radical (unpaired) electrons. The summed E-state index contributed by atoms with van der Waals surface area (Å²) in [7, 11) is 0. The van der Waals surface area contributed by atoms with Crippen LogP contribution in [0.4, 0.5) is 0 Å². The maximum Gasteiger partial charge on any atom is 0.168 e. The van der Waals surface area contributed by atoms with E-state index in [-0.39, 0.29) is 5.78 Å². The van der Waals surface area contributed by atoms with Gasteiger partial charge >= 0.3 is 0 Å². The van der Waals surface area contributed by atoms with E-state index in [1.54, 1.807) is 11.3 Å². The van der Waals surface area contributed by atoms with E-state index in [2.05, 4.69) is 22.9 Å². The monoisotopic (exact) mass is 308 g/mol. The highest BCUT2D eigenvalue weighted by Crippen LogP contribution is 2.21. The first-order valence-electron chi connectivity index (χ1n) is 5.54. The summed E-state index contributed by atoms with van der Waals surface area (Å²) < 4.78 is 1.05. The number of benzene rings is 1. The van der Waals surface area contributed by atoms with Crippen molar-refractivity contribution in [2.45, 2.75) is 19.8 Å². The molecule has 0 aliphatic heterocycles. The van der Waals surface area contributed by atoms with Crippen LogP contribution < -0.4 is 0 Å². The summed E-state index contributed by atoms with van der Waals surface area (Å²) >= 11 is 5.01. The van der Waals surface area contributed by atoms with Crippen molar-refractivity contribution in [1.29, 1.82) is 0 Å². The van der Waals surface area contributed by atoms with E-state index in [4.69, 9.17) is 0 Å². The van der Waals surface area contributed by atoms with Gasteiger partial charge in [-0.25, -0.2) is 0 Å². The van der Waals surface area contributed by atoms with Crippen LogP contribution in [0.5, 0.6) is 0 Å². The second kappa shape index (κ2) is 5.61. The van der Waals surface area contributed by atoms with Crippen molar-refractivity contribution in [2.24, 2.45) is 0 Å². The van der Waals surface area contributed by atoms with Crippen LogP contribution in [0.2, 0.25) is 0 Å². The van der Waals surface area contributed by atoms with Gasteiger partial charge in [-0.2, -0.15) is 0 Å². The third-order valence-corrected chi connectivity index (χ3v) is 4.34. The Hall–Kier alpha value is -0.930. The standard InChI is InChI=1S/C14H13BrOS/c1-2-10-3-5-11(6-4-10)14(16)8-13-7-12(15)9-17-13/h3-7,9H,2,8H2,1H3. The molecule has 0 spiro atoms. The fourth-order valence-electron chi connectivity index (χ4n) is 1.63. The van der Waals surface area contributed by atoms with Crippen LogP contribution in [-0.2, 0) is 12.8 Å². The van der Waals surface area contributed by atoms with E-state index >= 15 is 0 Å². The maximum atomic E-state index is 12.0. The summed E-state index contributed by atoms with van der Waals surface area (Å²) in [5.41, 5.74) is 2.06. The van der Waals surface area contributed by atoms with Crippen LogP contribution in [-0.4, -0.2) is 5.78 Å². The Morgan fingerprint density at radius 2 is 2.00 bits per heavy atom. The number of ketones is 1. The molecule has 0 saturated heterocycles. The lowest BCUT2D eigenvalue weighted by molar-refractivity contribution is 0.0994. The zero-order chi connectivity index (χ0) is 12.3. The highest BCUT2D eigenvalue weighted by molar-refractivity contribution is 9.10. The highest BCUT2D eigenvalue weighted by Gasteiger charge is 2.08. The normalized spacial score (nSPS) is 10.5. The largest absolute Gasteiger partial charge is 0.294 e. The number of aryl methyl sites for hydroxylation is 1. The minimum atomic E-state index is 0.182. The Morgan fingerprint density at radius 3 is 2.53 bits per heavy atom. The lowest BCUT2D eigenvalue weighted by Gasteiger charge is -2.01. The van der Waals surface area contributed by atoms with Gasteiger partial charge in [0.25, 0.3) is 0 Å². The molecule has 88 valence electrons. The zero-order valence-corrected chi connectivity index (χ0v) is 12.0. The van der Waals surface area contributed by atoms with E-state index < -0.39 is 0 Å². The van der Waals surface area contributed by atoms with Crippen molar-refractivity contribution >= 4 is 33.0 Å². The van der Waals surface area contributed by atoms with Gasteiger partial charge in [0.05, 0.1) is 0 Å². The molecule has 3 heteroatoms. The van der Waals surface area contributed by atoms with E-state index in [9.17, 15) is 4.79 Å². The lowest BCUT2D eigenvalue weighted by atomic mass is 10.0. The molecule has 0 saturated carbocycles. The van der Waals surface area contributed by atoms with Gasteiger partial charge < -0.3 is 0 Å². The van der Waals surface area contributed by atoms with Crippen LogP contribution in [0.1, 0.15) is 27.7 Å². The molecule has 1 nitrogen and oxygen atoms in total. The first-order valence-corrected chi connectivity index (χ1v) is 7.21. The number of Topliss-reactive ketones (excluding diaryl/α,β-unsaturated/α-hetero) is 1. The van der Waals surface area contributed by atoms with Crippen molar-refractivity contribution in [1.82, 2.24) is 0 Å². The molecule has 0 atom stereocenters. The topological polar surface area (TPSA) is 17.1 Å². The van der Waals surface area contributed by atoms with Crippen LogP contribution >= 0.6 is 27.3 Å². The number of thiophene rings is 1. The Morgan fingerprint density at radius 1 is 1.29 bits per heavy atom. The molecule has 0 unspecified atom stereocenters. The van der Waals surface area contributed by atoms with Gasteiger partial charge in [0.1, 0.15) is 0 Å². The van der Waals surface area contributed by atoms with Gasteiger partial charge in [0.15, 0.2) is 5.78 Å². The number of carbonyl (C=O) groups excluding carboxylic acids is 1. The van der Waals surface area contributed by atoms with Crippen molar-refractivity contribution < 1.29 is 4.79 Å². The van der Waals surface area contributed by atoms with Crippen LogP contribution in [0.25, 0.3) is 0 Å². The van der Waals surface area contributed by atoms with Crippen molar-refractivity contribution in [3.63, 3.8) is 0 Å². The van der Waals surface area contributed by atoms with E-state index in [1.807, 2.05) is 35.7 Å². The first-order chi connectivity index (χ1) is 8.19. The summed E-state index contributed by atoms with van der Waals surface area (Å²) in [4.78, 5) is 13.1. The van der Waals surface area contributed by atoms with Gasteiger partial charge in [0.2, 0.25) is 0 Å². The van der Waals surface area contributed by atoms with Gasteiger partial charge in [-0.05, 0) is 34.0 Å². The minimum absolute atomic E-state index is 0.182. The Labute approximate surface area is 114 Å². The van der Waals surface area contributed by atoms with E-state index in [0.717, 1.165) is 21.3 Å². The van der Waals surface area contributed by atoms with E-state index in [0.29, 0.717) is 6.42 Å². The second-order valence-electron chi connectivity index (χ2n) is 3.88. The fraction of sp³-hybridized carbons (Fsp3) is 0.214. The Bertz CT molecular complexity index is 513. The summed E-state index contributed by atoms with van der Waals surface area (Å²) in [5.74, 6) is 0.182. The maximum absolute atomic E-state index is 12.0. The highest BCUT2D eigenvalue weighted by atomic mass is 79.9.